The van der Waals surface area contributed by atoms with E-state index < -0.39 is 5.54 Å². The minimum absolute atomic E-state index is 0.136. The number of rotatable bonds is 1. The Morgan fingerprint density at radius 1 is 1.04 bits per heavy atom. The van der Waals surface area contributed by atoms with Gasteiger partial charge in [0.1, 0.15) is 24.4 Å². The average Bonchev–Trinajstić information content (AvgIpc) is 3.04. The second-order valence-electron chi connectivity index (χ2n) is 6.15. The van der Waals surface area contributed by atoms with Crippen LogP contribution in [0.2, 0.25) is 5.02 Å². The molecule has 7 heteroatoms. The van der Waals surface area contributed by atoms with Gasteiger partial charge in [-0.15, -0.1) is 0 Å². The van der Waals surface area contributed by atoms with Crippen LogP contribution in [0.4, 0.5) is 0 Å². The third-order valence-corrected chi connectivity index (χ3v) is 4.97. The first-order chi connectivity index (χ1) is 12.7. The number of hydrogen-bond acceptors (Lipinski definition) is 6. The molecule has 1 atom stereocenters. The molecule has 0 radical (unpaired) electrons. The molecule has 0 saturated carbocycles. The van der Waals surface area contributed by atoms with Crippen LogP contribution in [0.1, 0.15) is 11.1 Å². The molecule has 2 aliphatic rings. The first-order valence-electron chi connectivity index (χ1n) is 8.02. The van der Waals surface area contributed by atoms with Crippen LogP contribution in [0.15, 0.2) is 60.1 Å². The Morgan fingerprint density at radius 2 is 1.88 bits per heavy atom. The van der Waals surface area contributed by atoms with E-state index in [1.807, 2.05) is 36.4 Å². The second kappa shape index (κ2) is 5.44. The zero-order chi connectivity index (χ0) is 17.7. The van der Waals surface area contributed by atoms with Gasteiger partial charge in [0, 0.05) is 29.1 Å². The van der Waals surface area contributed by atoms with E-state index in [-0.39, 0.29) is 12.6 Å². The van der Waals surface area contributed by atoms with E-state index in [0.29, 0.717) is 16.5 Å². The molecule has 2 aromatic carbocycles. The van der Waals surface area contributed by atoms with E-state index in [2.05, 4.69) is 15.0 Å². The fraction of sp³-hybridized carbons (Fsp3) is 0.105. The van der Waals surface area contributed by atoms with Crippen LogP contribution in [0.5, 0.6) is 11.5 Å². The monoisotopic (exact) mass is 364 g/mol. The van der Waals surface area contributed by atoms with Crippen molar-refractivity contribution in [3.63, 3.8) is 0 Å². The van der Waals surface area contributed by atoms with Crippen molar-refractivity contribution >= 4 is 17.6 Å². The minimum Gasteiger partial charge on any atom is -0.462 e. The number of hydrogen-bond donors (Lipinski definition) is 1. The van der Waals surface area contributed by atoms with E-state index in [9.17, 15) is 0 Å². The van der Waals surface area contributed by atoms with Crippen LogP contribution >= 0.6 is 11.6 Å². The molecule has 0 fully saturated rings. The molecule has 0 saturated heterocycles. The highest BCUT2D eigenvalue weighted by Crippen LogP contribution is 2.53. The highest BCUT2D eigenvalue weighted by molar-refractivity contribution is 6.31. The summed E-state index contributed by atoms with van der Waals surface area (Å²) in [5.74, 6) is 1.35. The fourth-order valence-electron chi connectivity index (χ4n) is 3.51. The number of nitrogens with two attached hydrogens (primary N) is 1. The van der Waals surface area contributed by atoms with Crippen LogP contribution < -0.4 is 10.5 Å². The van der Waals surface area contributed by atoms with Crippen molar-refractivity contribution in [3.8, 4) is 22.6 Å². The third-order valence-electron chi connectivity index (χ3n) is 4.66. The Hall–Kier alpha value is -3.12. The van der Waals surface area contributed by atoms with Crippen molar-refractivity contribution in [1.82, 2.24) is 9.97 Å². The zero-order valence-electron chi connectivity index (χ0n) is 13.5. The van der Waals surface area contributed by atoms with Crippen LogP contribution in [-0.4, -0.2) is 22.6 Å². The minimum atomic E-state index is -0.836. The lowest BCUT2D eigenvalue weighted by Gasteiger charge is -2.34. The van der Waals surface area contributed by atoms with Gasteiger partial charge in [-0.1, -0.05) is 23.7 Å². The highest BCUT2D eigenvalue weighted by atomic mass is 35.5. The Kier molecular flexibility index (Phi) is 3.17. The first kappa shape index (κ1) is 15.2. The summed E-state index contributed by atoms with van der Waals surface area (Å²) >= 11 is 6.52. The smallest absolute Gasteiger partial charge is 0.283 e. The van der Waals surface area contributed by atoms with Gasteiger partial charge in [0.2, 0.25) is 0 Å². The number of halogens is 1. The number of ether oxygens (including phenoxy) is 2. The predicted molar refractivity (Wildman–Crippen MR) is 97.3 cm³/mol. The van der Waals surface area contributed by atoms with E-state index >= 15 is 0 Å². The molecule has 3 heterocycles. The van der Waals surface area contributed by atoms with Crippen LogP contribution in [0.25, 0.3) is 11.1 Å². The van der Waals surface area contributed by atoms with Crippen LogP contribution in [-0.2, 0) is 10.3 Å². The molecule has 6 nitrogen and oxygen atoms in total. The van der Waals surface area contributed by atoms with E-state index in [0.717, 1.165) is 22.3 Å². The Balaban J connectivity index is 1.78. The Labute approximate surface area is 154 Å². The number of benzene rings is 2. The largest absolute Gasteiger partial charge is 0.462 e. The van der Waals surface area contributed by atoms with Gasteiger partial charge in [0.25, 0.3) is 6.02 Å². The lowest BCUT2D eigenvalue weighted by atomic mass is 9.80. The van der Waals surface area contributed by atoms with E-state index in [4.69, 9.17) is 26.8 Å². The number of amidine groups is 1. The molecule has 0 aliphatic carbocycles. The van der Waals surface area contributed by atoms with Gasteiger partial charge < -0.3 is 15.2 Å². The summed E-state index contributed by atoms with van der Waals surface area (Å²) < 4.78 is 11.6. The molecule has 1 aromatic heterocycles. The third kappa shape index (κ3) is 2.09. The Bertz CT molecular complexity index is 1050. The average molecular weight is 365 g/mol. The maximum absolute atomic E-state index is 6.52. The summed E-state index contributed by atoms with van der Waals surface area (Å²) in [4.78, 5) is 12.8. The maximum Gasteiger partial charge on any atom is 0.283 e. The fourth-order valence-corrected chi connectivity index (χ4v) is 3.83. The molecular formula is C19H13ClN4O2. The lowest BCUT2D eigenvalue weighted by molar-refractivity contribution is 0.264. The van der Waals surface area contributed by atoms with Crippen molar-refractivity contribution in [2.45, 2.75) is 5.54 Å². The van der Waals surface area contributed by atoms with Gasteiger partial charge in [-0.3, -0.25) is 0 Å². The molecule has 0 bridgehead atoms. The molecule has 2 aliphatic heterocycles. The molecule has 1 unspecified atom stereocenters. The molecular weight excluding hydrogens is 352 g/mol. The van der Waals surface area contributed by atoms with Crippen molar-refractivity contribution in [1.29, 1.82) is 0 Å². The van der Waals surface area contributed by atoms with Gasteiger partial charge in [-0.2, -0.15) is 0 Å². The standard InChI is InChI=1S/C19H13ClN4O2/c20-14-2-1-3-16-17(14)19(9-25-18(21)24-19)13-6-11(4-5-15(13)26-16)12-7-22-10-23-8-12/h1-8,10H,9H2,(H2,21,24). The molecule has 2 N–H and O–H groups in total. The topological polar surface area (TPSA) is 82.6 Å². The van der Waals surface area contributed by atoms with Gasteiger partial charge in [0.05, 0.1) is 5.02 Å². The van der Waals surface area contributed by atoms with Gasteiger partial charge >= 0.3 is 0 Å². The normalized spacial score (nSPS) is 20.0. The summed E-state index contributed by atoms with van der Waals surface area (Å²) in [5.41, 5.74) is 8.49. The van der Waals surface area contributed by atoms with Gasteiger partial charge in [-0.25, -0.2) is 15.0 Å². The van der Waals surface area contributed by atoms with Crippen LogP contribution in [0.3, 0.4) is 0 Å². The first-order valence-corrected chi connectivity index (χ1v) is 8.40. The lowest BCUT2D eigenvalue weighted by Crippen LogP contribution is -2.31. The Morgan fingerprint density at radius 3 is 2.65 bits per heavy atom. The van der Waals surface area contributed by atoms with Crippen LogP contribution in [0, 0.1) is 0 Å². The SMILES string of the molecule is NC1=NC2(CO1)c1cc(-c3cncnc3)ccc1Oc1cccc(Cl)c12. The second-order valence-corrected chi connectivity index (χ2v) is 6.56. The van der Waals surface area contributed by atoms with Crippen molar-refractivity contribution in [2.75, 3.05) is 6.61 Å². The van der Waals surface area contributed by atoms with Gasteiger partial charge in [-0.05, 0) is 29.8 Å². The number of aliphatic imine (C=N–C) groups is 1. The molecule has 1 spiro atoms. The molecule has 26 heavy (non-hydrogen) atoms. The van der Waals surface area contributed by atoms with Crippen molar-refractivity contribution < 1.29 is 9.47 Å². The zero-order valence-corrected chi connectivity index (χ0v) is 14.3. The summed E-state index contributed by atoms with van der Waals surface area (Å²) in [6.45, 7) is 0.265. The van der Waals surface area contributed by atoms with E-state index in [1.165, 1.54) is 6.33 Å². The van der Waals surface area contributed by atoms with E-state index in [1.54, 1.807) is 12.4 Å². The molecule has 0 amide bonds. The highest BCUT2D eigenvalue weighted by Gasteiger charge is 2.48. The summed E-state index contributed by atoms with van der Waals surface area (Å²) in [5, 5.41) is 0.559. The molecule has 5 rings (SSSR count). The molecule has 128 valence electrons. The molecule has 3 aromatic rings. The number of aromatic nitrogens is 2. The number of nitrogens with zero attached hydrogens (tertiary/aromatic N) is 3. The maximum atomic E-state index is 6.52. The van der Waals surface area contributed by atoms with Crippen molar-refractivity contribution in [2.24, 2.45) is 10.7 Å². The quantitative estimate of drug-likeness (QED) is 0.714. The van der Waals surface area contributed by atoms with Crippen molar-refractivity contribution in [3.05, 3.63) is 71.3 Å². The summed E-state index contributed by atoms with van der Waals surface area (Å²) in [7, 11) is 0. The van der Waals surface area contributed by atoms with Gasteiger partial charge in [0.15, 0.2) is 5.54 Å². The summed E-state index contributed by atoms with van der Waals surface area (Å²) in [6, 6.07) is 11.5. The predicted octanol–water partition coefficient (Wildman–Crippen LogP) is 3.49. The summed E-state index contributed by atoms with van der Waals surface area (Å²) in [6.07, 6.45) is 5.02. The number of fused-ring (bicyclic) bond motifs is 4.